The fraction of sp³-hybridized carbons (Fsp3) is 0.500. The van der Waals surface area contributed by atoms with Crippen LogP contribution in [0, 0.1) is 48.4 Å². The average Bonchev–Trinajstić information content (AvgIpc) is 3.78. The molecule has 0 aromatic heterocycles. The monoisotopic (exact) mass is 725 g/mol. The molecule has 1 heterocycles. The minimum absolute atomic E-state index is 0.0778. The molecule has 0 unspecified atom stereocenters. The predicted molar refractivity (Wildman–Crippen MR) is 226 cm³/mol. The molecule has 2 fully saturated rings. The van der Waals surface area contributed by atoms with Gasteiger partial charge in [-0.2, -0.15) is 0 Å². The second kappa shape index (κ2) is 22.1. The zero-order chi connectivity index (χ0) is 38.0. The summed E-state index contributed by atoms with van der Waals surface area (Å²) < 4.78 is 11.8. The van der Waals surface area contributed by atoms with Crippen molar-refractivity contribution in [2.45, 2.75) is 117 Å². The molecule has 0 amide bonds. The SMILES string of the molecule is C#Cc1cc(COC(=O)c2ccc(N3C[C@@H]4[C@H](C3)[C@@H](/C=C/c3ccccc3)C[C@H]4C)cc2)cc(C#C)c1OCCCCCCCCCCCCCCCC. The lowest BCUT2D eigenvalue weighted by atomic mass is 9.90. The van der Waals surface area contributed by atoms with E-state index in [1.165, 1.54) is 89.0 Å². The van der Waals surface area contributed by atoms with E-state index in [2.05, 4.69) is 73.1 Å². The van der Waals surface area contributed by atoms with E-state index >= 15 is 0 Å². The Morgan fingerprint density at radius 2 is 1.35 bits per heavy atom. The summed E-state index contributed by atoms with van der Waals surface area (Å²) in [6, 6.07) is 22.1. The van der Waals surface area contributed by atoms with Gasteiger partial charge in [0, 0.05) is 18.8 Å². The number of rotatable bonds is 22. The lowest BCUT2D eigenvalue weighted by Crippen LogP contribution is -2.23. The van der Waals surface area contributed by atoms with Crippen LogP contribution in [0.2, 0.25) is 0 Å². The second-order valence-corrected chi connectivity index (χ2v) is 15.8. The molecule has 0 N–H and O–H groups in total. The molecule has 286 valence electrons. The van der Waals surface area contributed by atoms with Gasteiger partial charge in [-0.3, -0.25) is 0 Å². The molecule has 4 atom stereocenters. The Morgan fingerprint density at radius 1 is 0.778 bits per heavy atom. The van der Waals surface area contributed by atoms with Crippen LogP contribution >= 0.6 is 0 Å². The Bertz CT molecular complexity index is 1660. The summed E-state index contributed by atoms with van der Waals surface area (Å²) in [6.07, 6.45) is 36.1. The second-order valence-electron chi connectivity index (χ2n) is 15.8. The summed E-state index contributed by atoms with van der Waals surface area (Å²) in [4.78, 5) is 15.6. The predicted octanol–water partition coefficient (Wildman–Crippen LogP) is 12.3. The Kier molecular flexibility index (Phi) is 16.7. The van der Waals surface area contributed by atoms with Gasteiger partial charge in [0.1, 0.15) is 6.61 Å². The van der Waals surface area contributed by atoms with Crippen LogP contribution in [0.5, 0.6) is 5.75 Å². The smallest absolute Gasteiger partial charge is 0.338 e. The molecule has 1 saturated carbocycles. The van der Waals surface area contributed by atoms with Gasteiger partial charge in [0.2, 0.25) is 0 Å². The molecular weight excluding hydrogens is 663 g/mol. The number of unbranched alkanes of at least 4 members (excludes halogenated alkanes) is 13. The Balaban J connectivity index is 1.02. The summed E-state index contributed by atoms with van der Waals surface area (Å²) in [5.41, 5.74) is 4.87. The van der Waals surface area contributed by atoms with Gasteiger partial charge in [0.25, 0.3) is 0 Å². The van der Waals surface area contributed by atoms with Crippen molar-refractivity contribution in [2.75, 3.05) is 24.6 Å². The molecule has 1 aliphatic carbocycles. The molecule has 4 nitrogen and oxygen atoms in total. The topological polar surface area (TPSA) is 38.8 Å². The molecular formula is C50H63NO3. The number of allylic oxidation sites excluding steroid dienone is 1. The maximum absolute atomic E-state index is 13.1. The number of esters is 1. The van der Waals surface area contributed by atoms with Gasteiger partial charge >= 0.3 is 5.97 Å². The van der Waals surface area contributed by atoms with E-state index in [0.717, 1.165) is 37.2 Å². The number of hydrogen-bond acceptors (Lipinski definition) is 4. The van der Waals surface area contributed by atoms with E-state index in [1.54, 1.807) is 0 Å². The van der Waals surface area contributed by atoms with Gasteiger partial charge in [-0.25, -0.2) is 4.79 Å². The van der Waals surface area contributed by atoms with E-state index in [9.17, 15) is 4.79 Å². The fourth-order valence-corrected chi connectivity index (χ4v) is 8.57. The first-order valence-electron chi connectivity index (χ1n) is 21.0. The molecule has 2 aliphatic rings. The fourth-order valence-electron chi connectivity index (χ4n) is 8.57. The number of fused-ring (bicyclic) bond motifs is 1. The van der Waals surface area contributed by atoms with Crippen LogP contribution in [0.3, 0.4) is 0 Å². The molecule has 0 bridgehead atoms. The lowest BCUT2D eigenvalue weighted by Gasteiger charge is -2.22. The van der Waals surface area contributed by atoms with Crippen molar-refractivity contribution in [3.8, 4) is 30.4 Å². The molecule has 0 radical (unpaired) electrons. The molecule has 54 heavy (non-hydrogen) atoms. The van der Waals surface area contributed by atoms with Gasteiger partial charge in [-0.05, 0) is 84.0 Å². The number of terminal acetylenes is 2. The van der Waals surface area contributed by atoms with Gasteiger partial charge in [-0.15, -0.1) is 12.8 Å². The third-order valence-corrected chi connectivity index (χ3v) is 11.7. The number of ether oxygens (including phenoxy) is 2. The van der Waals surface area contributed by atoms with Crippen molar-refractivity contribution < 1.29 is 14.3 Å². The Morgan fingerprint density at radius 3 is 1.94 bits per heavy atom. The standard InChI is InChI=1S/C50H63NO3/c1-5-8-9-10-11-12-13-14-15-16-17-18-19-23-32-53-49-42(6-2)34-41(35-43(49)7-3)38-54-50(52)44-28-30-46(31-29-44)51-36-47-39(4)33-45(48(47)37-51)27-26-40-24-21-20-22-25-40/h2-3,20-22,24-31,34-35,39,45,47-48H,5,8-19,23,32-33,36-38H2,1,4H3/b27-26+/t39-,45+,47+,48-/m1/s1. The number of benzene rings is 3. The number of carbonyl (C=O) groups is 1. The summed E-state index contributed by atoms with van der Waals surface area (Å²) in [5.74, 6) is 8.26. The third kappa shape index (κ3) is 12.0. The van der Waals surface area contributed by atoms with Crippen molar-refractivity contribution >= 4 is 17.7 Å². The minimum atomic E-state index is -0.373. The zero-order valence-electron chi connectivity index (χ0n) is 33.1. The Hall–Kier alpha value is -4.41. The van der Waals surface area contributed by atoms with Crippen molar-refractivity contribution in [3.63, 3.8) is 0 Å². The first-order chi connectivity index (χ1) is 26.5. The van der Waals surface area contributed by atoms with E-state index in [4.69, 9.17) is 22.3 Å². The normalized spacial score (nSPS) is 19.1. The van der Waals surface area contributed by atoms with Crippen LogP contribution in [0.4, 0.5) is 5.69 Å². The van der Waals surface area contributed by atoms with Crippen molar-refractivity contribution in [1.82, 2.24) is 0 Å². The van der Waals surface area contributed by atoms with Gasteiger partial charge in [0.15, 0.2) is 5.75 Å². The quantitative estimate of drug-likeness (QED) is 0.0587. The molecule has 3 aromatic rings. The van der Waals surface area contributed by atoms with Crippen molar-refractivity contribution in [1.29, 1.82) is 0 Å². The Labute approximate surface area is 327 Å². The molecule has 4 heteroatoms. The molecule has 1 aliphatic heterocycles. The van der Waals surface area contributed by atoms with E-state index in [1.807, 2.05) is 36.4 Å². The highest BCUT2D eigenvalue weighted by Crippen LogP contribution is 2.47. The van der Waals surface area contributed by atoms with Crippen LogP contribution in [-0.4, -0.2) is 25.7 Å². The molecule has 1 saturated heterocycles. The van der Waals surface area contributed by atoms with E-state index in [-0.39, 0.29) is 12.6 Å². The number of carbonyl (C=O) groups excluding carboxylic acids is 1. The molecule has 3 aromatic carbocycles. The highest BCUT2D eigenvalue weighted by atomic mass is 16.5. The minimum Gasteiger partial charge on any atom is -0.491 e. The first kappa shape index (κ1) is 40.8. The zero-order valence-corrected chi connectivity index (χ0v) is 33.1. The lowest BCUT2D eigenvalue weighted by molar-refractivity contribution is 0.0472. The third-order valence-electron chi connectivity index (χ3n) is 11.7. The summed E-state index contributed by atoms with van der Waals surface area (Å²) >= 11 is 0. The number of anilines is 1. The summed E-state index contributed by atoms with van der Waals surface area (Å²) in [6.45, 7) is 7.43. The van der Waals surface area contributed by atoms with Crippen LogP contribution in [0.15, 0.2) is 72.8 Å². The summed E-state index contributed by atoms with van der Waals surface area (Å²) in [5, 5.41) is 0. The highest BCUT2D eigenvalue weighted by Gasteiger charge is 2.45. The molecule has 5 rings (SSSR count). The van der Waals surface area contributed by atoms with Gasteiger partial charge in [-0.1, -0.05) is 152 Å². The molecule has 0 spiro atoms. The van der Waals surface area contributed by atoms with Crippen molar-refractivity contribution in [2.24, 2.45) is 23.7 Å². The highest BCUT2D eigenvalue weighted by molar-refractivity contribution is 5.89. The maximum atomic E-state index is 13.1. The number of nitrogens with zero attached hydrogens (tertiary/aromatic N) is 1. The van der Waals surface area contributed by atoms with Crippen LogP contribution in [0.1, 0.15) is 143 Å². The maximum Gasteiger partial charge on any atom is 0.338 e. The van der Waals surface area contributed by atoms with E-state index < -0.39 is 0 Å². The van der Waals surface area contributed by atoms with Crippen LogP contribution in [0.25, 0.3) is 6.08 Å². The van der Waals surface area contributed by atoms with E-state index in [0.29, 0.717) is 52.7 Å². The first-order valence-corrected chi connectivity index (χ1v) is 21.0. The van der Waals surface area contributed by atoms with Gasteiger partial charge in [0.05, 0.1) is 23.3 Å². The van der Waals surface area contributed by atoms with Gasteiger partial charge < -0.3 is 14.4 Å². The van der Waals surface area contributed by atoms with Crippen LogP contribution in [-0.2, 0) is 11.3 Å². The average molecular weight is 726 g/mol. The number of hydrogen-bond donors (Lipinski definition) is 0. The summed E-state index contributed by atoms with van der Waals surface area (Å²) in [7, 11) is 0. The largest absolute Gasteiger partial charge is 0.491 e. The van der Waals surface area contributed by atoms with Crippen molar-refractivity contribution in [3.05, 3.63) is 101 Å². The van der Waals surface area contributed by atoms with Crippen LogP contribution < -0.4 is 9.64 Å².